The van der Waals surface area contributed by atoms with Gasteiger partial charge in [-0.2, -0.15) is 0 Å². The maximum absolute atomic E-state index is 8.55. The molecule has 0 fully saturated rings. The second-order valence-corrected chi connectivity index (χ2v) is 8.51. The third-order valence-corrected chi connectivity index (χ3v) is 3.61. The first-order chi connectivity index (χ1) is 15.6. The van der Waals surface area contributed by atoms with Crippen LogP contribution in [0, 0.1) is 11.8 Å². The molecule has 0 aliphatic heterocycles. The quantitative estimate of drug-likeness (QED) is 0.206. The van der Waals surface area contributed by atoms with E-state index in [1.807, 2.05) is 26.0 Å². The van der Waals surface area contributed by atoms with Crippen molar-refractivity contribution >= 4 is 0 Å². The molecular weight excluding hydrogens is 408 g/mol. The molecule has 0 amide bonds. The molecule has 0 saturated heterocycles. The van der Waals surface area contributed by atoms with E-state index in [4.69, 9.17) is 15.3 Å². The molecule has 0 heterocycles. The fourth-order valence-electron chi connectivity index (χ4n) is 1.48. The van der Waals surface area contributed by atoms with Crippen LogP contribution in [0.1, 0.15) is 127 Å². The van der Waals surface area contributed by atoms with Gasteiger partial charge in [-0.05, 0) is 57.8 Å². The molecule has 0 aromatic rings. The molecule has 3 N–H and O–H groups in total. The molecule has 0 aliphatic carbocycles. The molecule has 0 rings (SSSR count). The summed E-state index contributed by atoms with van der Waals surface area (Å²) in [5, 5.41) is 25.0. The summed E-state index contributed by atoms with van der Waals surface area (Å²) in [7, 11) is 0. The van der Waals surface area contributed by atoms with Crippen LogP contribution < -0.4 is 0 Å². The number of allylic oxidation sites excluding steroid dienone is 4. The van der Waals surface area contributed by atoms with Crippen molar-refractivity contribution < 1.29 is 15.3 Å². The Balaban J connectivity index is -0.0000000664. The van der Waals surface area contributed by atoms with Gasteiger partial charge in [0, 0.05) is 13.2 Å². The summed E-state index contributed by atoms with van der Waals surface area (Å²) in [6.07, 6.45) is 17.7. The van der Waals surface area contributed by atoms with E-state index in [1.165, 1.54) is 12.8 Å². The Bertz CT molecular complexity index is 294. The maximum atomic E-state index is 8.55. The topological polar surface area (TPSA) is 60.7 Å². The Kier molecular flexibility index (Phi) is 72.9. The van der Waals surface area contributed by atoms with Crippen molar-refractivity contribution in [1.82, 2.24) is 0 Å². The van der Waals surface area contributed by atoms with Crippen molar-refractivity contribution in [2.24, 2.45) is 11.8 Å². The second-order valence-electron chi connectivity index (χ2n) is 8.51. The predicted octanol–water partition coefficient (Wildman–Crippen LogP) is 9.13. The first-order valence-corrected chi connectivity index (χ1v) is 13.3. The van der Waals surface area contributed by atoms with E-state index in [-0.39, 0.29) is 6.10 Å². The van der Waals surface area contributed by atoms with Crippen molar-refractivity contribution in [3.63, 3.8) is 0 Å². The van der Waals surface area contributed by atoms with Crippen LogP contribution in [0.4, 0.5) is 0 Å². The van der Waals surface area contributed by atoms with Crippen LogP contribution in [0.5, 0.6) is 0 Å². The van der Waals surface area contributed by atoms with Crippen molar-refractivity contribution in [3.05, 3.63) is 37.5 Å². The van der Waals surface area contributed by atoms with Crippen molar-refractivity contribution in [2.45, 2.75) is 133 Å². The van der Waals surface area contributed by atoms with Gasteiger partial charge in [-0.1, -0.05) is 105 Å². The van der Waals surface area contributed by atoms with Crippen LogP contribution in [0.15, 0.2) is 37.5 Å². The van der Waals surface area contributed by atoms with Gasteiger partial charge >= 0.3 is 0 Å². The summed E-state index contributed by atoms with van der Waals surface area (Å²) in [6, 6.07) is 0. The van der Waals surface area contributed by atoms with E-state index in [9.17, 15) is 0 Å². The van der Waals surface area contributed by atoms with Gasteiger partial charge in [0.15, 0.2) is 0 Å². The molecule has 1 atom stereocenters. The standard InChI is InChI=1S/3C5H12O.3C5H10/c1-5(2)3-4-6;1-3-4-5(2)6;1-2-3-4-5-6;1-4-5(2)3;2*1-3-5-4-2/h2*5-6H,3-4H2,1-2H3;6H,2-5H2,1H3;4-5H,1H2,2-3H3;3,5H,4H2,1-2H3;3H,1,4-5H2,2H3. The third kappa shape index (κ3) is 132. The van der Waals surface area contributed by atoms with Crippen LogP contribution in [0.3, 0.4) is 0 Å². The molecule has 33 heavy (non-hydrogen) atoms. The van der Waals surface area contributed by atoms with E-state index in [0.717, 1.165) is 44.9 Å². The zero-order valence-electron chi connectivity index (χ0n) is 24.6. The maximum Gasteiger partial charge on any atom is 0.0512 e. The number of aliphatic hydroxyl groups excluding tert-OH is 3. The Hall–Kier alpha value is -0.900. The average molecular weight is 475 g/mol. The third-order valence-electron chi connectivity index (χ3n) is 3.61. The lowest BCUT2D eigenvalue weighted by molar-refractivity contribution is 0.183. The average Bonchev–Trinajstić information content (AvgIpc) is 2.75. The molecule has 0 aromatic heterocycles. The zero-order valence-corrected chi connectivity index (χ0v) is 24.6. The molecule has 0 spiro atoms. The highest BCUT2D eigenvalue weighted by Gasteiger charge is 1.87. The summed E-state index contributed by atoms with van der Waals surface area (Å²) in [5.41, 5.74) is 0. The Morgan fingerprint density at radius 3 is 1.30 bits per heavy atom. The van der Waals surface area contributed by atoms with Gasteiger partial charge in [0.25, 0.3) is 0 Å². The van der Waals surface area contributed by atoms with Crippen LogP contribution in [-0.2, 0) is 0 Å². The van der Waals surface area contributed by atoms with Crippen molar-refractivity contribution in [1.29, 1.82) is 0 Å². The van der Waals surface area contributed by atoms with Crippen molar-refractivity contribution in [3.8, 4) is 0 Å². The summed E-state index contributed by atoms with van der Waals surface area (Å²) in [5.74, 6) is 1.30. The van der Waals surface area contributed by atoms with Crippen LogP contribution in [-0.4, -0.2) is 34.6 Å². The Morgan fingerprint density at radius 2 is 1.27 bits per heavy atom. The van der Waals surface area contributed by atoms with Gasteiger partial charge < -0.3 is 15.3 Å². The highest BCUT2D eigenvalue weighted by Crippen LogP contribution is 1.95. The van der Waals surface area contributed by atoms with Gasteiger partial charge in [-0.3, -0.25) is 0 Å². The van der Waals surface area contributed by atoms with Gasteiger partial charge in [0.05, 0.1) is 6.10 Å². The van der Waals surface area contributed by atoms with E-state index < -0.39 is 0 Å². The molecule has 204 valence electrons. The lowest BCUT2D eigenvalue weighted by Gasteiger charge is -1.95. The predicted molar refractivity (Wildman–Crippen MR) is 155 cm³/mol. The van der Waals surface area contributed by atoms with E-state index in [1.54, 1.807) is 0 Å². The van der Waals surface area contributed by atoms with Crippen LogP contribution in [0.2, 0.25) is 0 Å². The number of aliphatic hydroxyl groups is 3. The minimum Gasteiger partial charge on any atom is -0.396 e. The lowest BCUT2D eigenvalue weighted by Crippen LogP contribution is -1.95. The highest BCUT2D eigenvalue weighted by molar-refractivity contribution is 4.73. The van der Waals surface area contributed by atoms with Gasteiger partial charge in [0.1, 0.15) is 0 Å². The van der Waals surface area contributed by atoms with Crippen LogP contribution >= 0.6 is 0 Å². The number of hydrogen-bond donors (Lipinski definition) is 3. The minimum absolute atomic E-state index is 0.102. The van der Waals surface area contributed by atoms with Gasteiger partial charge in [-0.25, -0.2) is 0 Å². The molecule has 0 aliphatic rings. The smallest absolute Gasteiger partial charge is 0.0512 e. The molecular formula is C30H66O3. The first-order valence-electron chi connectivity index (χ1n) is 13.3. The van der Waals surface area contributed by atoms with E-state index >= 15 is 0 Å². The normalized spacial score (nSPS) is 10.0. The van der Waals surface area contributed by atoms with Gasteiger partial charge in [0.2, 0.25) is 0 Å². The second kappa shape index (κ2) is 52.8. The fraction of sp³-hybridized carbons (Fsp3) is 0.800. The number of hydrogen-bond acceptors (Lipinski definition) is 3. The lowest BCUT2D eigenvalue weighted by atomic mass is 10.2. The SMILES string of the molecule is C=CC(C)C.C=CCCC.CC(C)CCO.CC=CCC.CCCC(C)O.CCCCCO. The highest BCUT2D eigenvalue weighted by atomic mass is 16.3. The summed E-state index contributed by atoms with van der Waals surface area (Å²) in [4.78, 5) is 0. The van der Waals surface area contributed by atoms with Gasteiger partial charge in [-0.15, -0.1) is 13.2 Å². The van der Waals surface area contributed by atoms with Crippen LogP contribution in [0.25, 0.3) is 0 Å². The molecule has 3 heteroatoms. The Morgan fingerprint density at radius 1 is 0.758 bits per heavy atom. The number of unbranched alkanes of at least 4 members (excludes halogenated alkanes) is 3. The van der Waals surface area contributed by atoms with Crippen molar-refractivity contribution in [2.75, 3.05) is 13.2 Å². The zero-order chi connectivity index (χ0) is 27.3. The molecule has 0 saturated carbocycles. The summed E-state index contributed by atoms with van der Waals surface area (Å²) in [6.45, 7) is 28.5. The first kappa shape index (κ1) is 45.6. The minimum atomic E-state index is -0.102. The molecule has 1 unspecified atom stereocenters. The summed E-state index contributed by atoms with van der Waals surface area (Å²) < 4.78 is 0. The number of rotatable bonds is 11. The molecule has 0 bridgehead atoms. The fourth-order valence-corrected chi connectivity index (χ4v) is 1.48. The summed E-state index contributed by atoms with van der Waals surface area (Å²) >= 11 is 0. The molecule has 0 radical (unpaired) electrons. The molecule has 3 nitrogen and oxygen atoms in total. The Labute approximate surface area is 211 Å². The molecule has 0 aromatic carbocycles. The van der Waals surface area contributed by atoms with E-state index in [0.29, 0.717) is 25.0 Å². The monoisotopic (exact) mass is 475 g/mol. The largest absolute Gasteiger partial charge is 0.396 e. The van der Waals surface area contributed by atoms with E-state index in [2.05, 4.69) is 80.7 Å².